The zero-order valence-corrected chi connectivity index (χ0v) is 9.91. The first-order valence-electron chi connectivity index (χ1n) is 4.94. The Balaban J connectivity index is 2.12. The minimum atomic E-state index is -0.196. The van der Waals surface area contributed by atoms with E-state index in [0.29, 0.717) is 11.1 Å². The SMILES string of the molecule is Cc1cc(NC(=O)c2ccc(C#N)cc2)sn1. The molecule has 1 N–H and O–H groups in total. The predicted octanol–water partition coefficient (Wildman–Crippen LogP) is 2.58. The molecule has 0 atom stereocenters. The zero-order valence-electron chi connectivity index (χ0n) is 9.10. The molecule has 0 aliphatic rings. The van der Waals surface area contributed by atoms with Gasteiger partial charge in [-0.05, 0) is 48.8 Å². The van der Waals surface area contributed by atoms with Crippen LogP contribution < -0.4 is 5.32 Å². The monoisotopic (exact) mass is 243 g/mol. The number of benzene rings is 1. The number of nitrogens with one attached hydrogen (secondary N) is 1. The van der Waals surface area contributed by atoms with Gasteiger partial charge in [-0.2, -0.15) is 9.64 Å². The van der Waals surface area contributed by atoms with Crippen LogP contribution in [0.15, 0.2) is 30.3 Å². The average Bonchev–Trinajstić information content (AvgIpc) is 2.75. The van der Waals surface area contributed by atoms with Gasteiger partial charge in [-0.25, -0.2) is 0 Å². The van der Waals surface area contributed by atoms with Crippen molar-refractivity contribution in [2.45, 2.75) is 6.92 Å². The number of carbonyl (C=O) groups excluding carboxylic acids is 1. The van der Waals surface area contributed by atoms with Crippen LogP contribution in [0.1, 0.15) is 21.6 Å². The first-order valence-corrected chi connectivity index (χ1v) is 5.71. The number of rotatable bonds is 2. The van der Waals surface area contributed by atoms with Crippen molar-refractivity contribution in [1.82, 2.24) is 4.37 Å². The molecule has 0 radical (unpaired) electrons. The molecule has 1 amide bonds. The number of aromatic nitrogens is 1. The van der Waals surface area contributed by atoms with Gasteiger partial charge in [-0.1, -0.05) is 0 Å². The van der Waals surface area contributed by atoms with Crippen LogP contribution in [-0.4, -0.2) is 10.3 Å². The molecule has 84 valence electrons. The second kappa shape index (κ2) is 4.76. The predicted molar refractivity (Wildman–Crippen MR) is 66.0 cm³/mol. The molecule has 1 aromatic heterocycles. The van der Waals surface area contributed by atoms with Gasteiger partial charge in [0.25, 0.3) is 5.91 Å². The van der Waals surface area contributed by atoms with Crippen LogP contribution in [0.2, 0.25) is 0 Å². The maximum Gasteiger partial charge on any atom is 0.256 e. The average molecular weight is 243 g/mol. The summed E-state index contributed by atoms with van der Waals surface area (Å²) >= 11 is 1.25. The highest BCUT2D eigenvalue weighted by Crippen LogP contribution is 2.16. The molecule has 0 saturated heterocycles. The molecular weight excluding hydrogens is 234 g/mol. The number of nitrogens with zero attached hydrogens (tertiary/aromatic N) is 2. The van der Waals surface area contributed by atoms with Gasteiger partial charge in [0.2, 0.25) is 0 Å². The Bertz CT molecular complexity index is 581. The fraction of sp³-hybridized carbons (Fsp3) is 0.0833. The quantitative estimate of drug-likeness (QED) is 0.881. The number of amides is 1. The largest absolute Gasteiger partial charge is 0.312 e. The normalized spacial score (nSPS) is 9.65. The summed E-state index contributed by atoms with van der Waals surface area (Å²) in [5, 5.41) is 12.1. The number of hydrogen-bond acceptors (Lipinski definition) is 4. The van der Waals surface area contributed by atoms with Crippen molar-refractivity contribution >= 4 is 22.4 Å². The van der Waals surface area contributed by atoms with Gasteiger partial charge >= 0.3 is 0 Å². The van der Waals surface area contributed by atoms with Crippen LogP contribution in [0, 0.1) is 18.3 Å². The lowest BCUT2D eigenvalue weighted by molar-refractivity contribution is 0.102. The molecule has 2 rings (SSSR count). The maximum absolute atomic E-state index is 11.8. The van der Waals surface area contributed by atoms with Crippen LogP contribution in [0.5, 0.6) is 0 Å². The summed E-state index contributed by atoms with van der Waals surface area (Å²) in [7, 11) is 0. The van der Waals surface area contributed by atoms with Crippen molar-refractivity contribution in [1.29, 1.82) is 5.26 Å². The van der Waals surface area contributed by atoms with E-state index >= 15 is 0 Å². The van der Waals surface area contributed by atoms with Gasteiger partial charge in [0.05, 0.1) is 17.3 Å². The molecule has 0 saturated carbocycles. The van der Waals surface area contributed by atoms with E-state index in [0.717, 1.165) is 10.7 Å². The van der Waals surface area contributed by atoms with Crippen molar-refractivity contribution in [3.8, 4) is 6.07 Å². The first kappa shape index (κ1) is 11.3. The van der Waals surface area contributed by atoms with Crippen molar-refractivity contribution in [3.63, 3.8) is 0 Å². The van der Waals surface area contributed by atoms with Crippen molar-refractivity contribution in [3.05, 3.63) is 47.2 Å². The number of nitriles is 1. The molecule has 2 aromatic rings. The van der Waals surface area contributed by atoms with E-state index in [4.69, 9.17) is 5.26 Å². The highest BCUT2D eigenvalue weighted by Gasteiger charge is 2.07. The highest BCUT2D eigenvalue weighted by atomic mass is 32.1. The standard InChI is InChI=1S/C12H9N3OS/c1-8-6-11(17-15-8)14-12(16)10-4-2-9(7-13)3-5-10/h2-6H,1H3,(H,14,16). The number of anilines is 1. The lowest BCUT2D eigenvalue weighted by atomic mass is 10.1. The van der Waals surface area contributed by atoms with E-state index in [-0.39, 0.29) is 5.91 Å². The van der Waals surface area contributed by atoms with E-state index < -0.39 is 0 Å². The van der Waals surface area contributed by atoms with Crippen LogP contribution in [0.25, 0.3) is 0 Å². The van der Waals surface area contributed by atoms with Gasteiger partial charge in [0, 0.05) is 5.56 Å². The second-order valence-corrected chi connectivity index (χ2v) is 4.28. The summed E-state index contributed by atoms with van der Waals surface area (Å²) in [5.74, 6) is -0.196. The molecule has 0 aliphatic carbocycles. The minimum Gasteiger partial charge on any atom is -0.312 e. The van der Waals surface area contributed by atoms with Gasteiger partial charge < -0.3 is 5.32 Å². The van der Waals surface area contributed by atoms with Gasteiger partial charge in [-0.3, -0.25) is 4.79 Å². The van der Waals surface area contributed by atoms with Crippen molar-refractivity contribution in [2.75, 3.05) is 5.32 Å². The first-order chi connectivity index (χ1) is 8.19. The summed E-state index contributed by atoms with van der Waals surface area (Å²) in [6.07, 6.45) is 0. The van der Waals surface area contributed by atoms with E-state index in [1.165, 1.54) is 11.5 Å². The highest BCUT2D eigenvalue weighted by molar-refractivity contribution is 7.10. The Kier molecular flexibility index (Phi) is 3.17. The van der Waals surface area contributed by atoms with Crippen LogP contribution in [0.3, 0.4) is 0 Å². The molecule has 0 aliphatic heterocycles. The Labute approximate surface area is 103 Å². The fourth-order valence-electron chi connectivity index (χ4n) is 1.30. The molecule has 0 bridgehead atoms. The van der Waals surface area contributed by atoms with Gasteiger partial charge in [0.15, 0.2) is 0 Å². The Morgan fingerprint density at radius 3 is 2.65 bits per heavy atom. The third-order valence-corrected chi connectivity index (χ3v) is 2.94. The summed E-state index contributed by atoms with van der Waals surface area (Å²) < 4.78 is 4.07. The summed E-state index contributed by atoms with van der Waals surface area (Å²) in [4.78, 5) is 11.8. The number of hydrogen-bond donors (Lipinski definition) is 1. The number of carbonyl (C=O) groups is 1. The Morgan fingerprint density at radius 2 is 2.12 bits per heavy atom. The summed E-state index contributed by atoms with van der Waals surface area (Å²) in [6, 6.07) is 10.3. The lowest BCUT2D eigenvalue weighted by Gasteiger charge is -2.01. The molecule has 1 aromatic carbocycles. The van der Waals surface area contributed by atoms with E-state index in [9.17, 15) is 4.79 Å². The van der Waals surface area contributed by atoms with Crippen molar-refractivity contribution in [2.24, 2.45) is 0 Å². The molecule has 0 unspecified atom stereocenters. The molecule has 0 spiro atoms. The molecule has 0 fully saturated rings. The minimum absolute atomic E-state index is 0.196. The third kappa shape index (κ3) is 2.68. The molecule has 5 heteroatoms. The number of aryl methyl sites for hydroxylation is 1. The molecule has 17 heavy (non-hydrogen) atoms. The topological polar surface area (TPSA) is 65.8 Å². The van der Waals surface area contributed by atoms with Crippen LogP contribution >= 0.6 is 11.5 Å². The van der Waals surface area contributed by atoms with Crippen LogP contribution in [-0.2, 0) is 0 Å². The zero-order chi connectivity index (χ0) is 12.3. The van der Waals surface area contributed by atoms with Gasteiger partial charge in [0.1, 0.15) is 5.00 Å². The Hall–Kier alpha value is -2.19. The smallest absolute Gasteiger partial charge is 0.256 e. The summed E-state index contributed by atoms with van der Waals surface area (Å²) in [6.45, 7) is 1.87. The Morgan fingerprint density at radius 1 is 1.41 bits per heavy atom. The molecule has 1 heterocycles. The molecular formula is C12H9N3OS. The van der Waals surface area contributed by atoms with Crippen molar-refractivity contribution < 1.29 is 4.79 Å². The van der Waals surface area contributed by atoms with E-state index in [2.05, 4.69) is 9.69 Å². The fourth-order valence-corrected chi connectivity index (χ4v) is 1.96. The lowest BCUT2D eigenvalue weighted by Crippen LogP contribution is -2.10. The van der Waals surface area contributed by atoms with E-state index in [1.807, 2.05) is 19.1 Å². The second-order valence-electron chi connectivity index (χ2n) is 3.48. The van der Waals surface area contributed by atoms with E-state index in [1.54, 1.807) is 24.3 Å². The maximum atomic E-state index is 11.8. The third-order valence-electron chi connectivity index (χ3n) is 2.14. The summed E-state index contributed by atoms with van der Waals surface area (Å²) in [5.41, 5.74) is 1.94. The molecule has 4 nitrogen and oxygen atoms in total. The van der Waals surface area contributed by atoms with Crippen LogP contribution in [0.4, 0.5) is 5.00 Å². The van der Waals surface area contributed by atoms with Gasteiger partial charge in [-0.15, -0.1) is 0 Å².